The third-order valence-corrected chi connectivity index (χ3v) is 2.96. The first-order valence-electron chi connectivity index (χ1n) is 6.06. The van der Waals surface area contributed by atoms with Crippen LogP contribution in [-0.4, -0.2) is 11.9 Å². The minimum atomic E-state index is -4.41. The Morgan fingerprint density at radius 2 is 1.95 bits per heavy atom. The molecule has 19 heavy (non-hydrogen) atoms. The minimum absolute atomic E-state index is 0.180. The van der Waals surface area contributed by atoms with Crippen molar-refractivity contribution in [2.45, 2.75) is 32.5 Å². The smallest absolute Gasteiger partial charge is 0.372 e. The van der Waals surface area contributed by atoms with Crippen LogP contribution in [0.1, 0.15) is 25.8 Å². The van der Waals surface area contributed by atoms with Gasteiger partial charge in [0.05, 0.1) is 16.9 Å². The van der Waals surface area contributed by atoms with Crippen LogP contribution in [0.5, 0.6) is 0 Å². The lowest BCUT2D eigenvalue weighted by Crippen LogP contribution is -2.39. The molecule has 0 saturated carbocycles. The molecule has 1 unspecified atom stereocenters. The Labute approximate surface area is 109 Å². The maximum absolute atomic E-state index is 12.6. The Balaban J connectivity index is 2.26. The number of hydrogen-bond acceptors (Lipinski definition) is 2. The molecule has 1 atom stereocenters. The van der Waals surface area contributed by atoms with Crippen LogP contribution in [0.4, 0.5) is 24.5 Å². The van der Waals surface area contributed by atoms with Crippen LogP contribution >= 0.6 is 0 Å². The van der Waals surface area contributed by atoms with Crippen LogP contribution in [-0.2, 0) is 11.0 Å². The van der Waals surface area contributed by atoms with Crippen molar-refractivity contribution >= 4 is 17.3 Å². The van der Waals surface area contributed by atoms with Gasteiger partial charge in [-0.2, -0.15) is 13.2 Å². The Hall–Kier alpha value is -1.72. The van der Waals surface area contributed by atoms with Crippen LogP contribution < -0.4 is 10.6 Å². The fraction of sp³-hybridized carbons (Fsp3) is 0.462. The second-order valence-electron chi connectivity index (χ2n) is 5.07. The first-order valence-corrected chi connectivity index (χ1v) is 6.06. The van der Waals surface area contributed by atoms with Crippen molar-refractivity contribution < 1.29 is 18.0 Å². The third-order valence-electron chi connectivity index (χ3n) is 2.96. The maximum atomic E-state index is 12.6. The summed E-state index contributed by atoms with van der Waals surface area (Å²) in [5.74, 6) is 0.0276. The van der Waals surface area contributed by atoms with E-state index in [2.05, 4.69) is 10.6 Å². The first-order chi connectivity index (χ1) is 8.77. The monoisotopic (exact) mass is 272 g/mol. The molecule has 0 bridgehead atoms. The Bertz CT molecular complexity index is 497. The van der Waals surface area contributed by atoms with E-state index in [1.807, 2.05) is 13.8 Å². The van der Waals surface area contributed by atoms with Gasteiger partial charge >= 0.3 is 6.18 Å². The quantitative estimate of drug-likeness (QED) is 0.865. The first kappa shape index (κ1) is 13.7. The zero-order valence-electron chi connectivity index (χ0n) is 10.6. The van der Waals surface area contributed by atoms with E-state index < -0.39 is 17.8 Å². The number of fused-ring (bicyclic) bond motifs is 1. The van der Waals surface area contributed by atoms with E-state index in [4.69, 9.17) is 0 Å². The molecule has 0 fully saturated rings. The van der Waals surface area contributed by atoms with Crippen molar-refractivity contribution in [3.63, 3.8) is 0 Å². The van der Waals surface area contributed by atoms with Crippen LogP contribution in [0.15, 0.2) is 18.2 Å². The van der Waals surface area contributed by atoms with Gasteiger partial charge in [-0.1, -0.05) is 13.8 Å². The van der Waals surface area contributed by atoms with Crippen molar-refractivity contribution in [2.75, 3.05) is 10.6 Å². The zero-order chi connectivity index (χ0) is 14.2. The van der Waals surface area contributed by atoms with E-state index in [0.29, 0.717) is 18.0 Å². The highest BCUT2D eigenvalue weighted by Crippen LogP contribution is 2.36. The molecule has 3 nitrogen and oxygen atoms in total. The molecule has 0 aromatic heterocycles. The second-order valence-corrected chi connectivity index (χ2v) is 5.07. The molecule has 1 heterocycles. The average Bonchev–Trinajstić information content (AvgIpc) is 2.27. The van der Waals surface area contributed by atoms with Gasteiger partial charge in [-0.25, -0.2) is 0 Å². The number of anilines is 2. The van der Waals surface area contributed by atoms with E-state index in [1.54, 1.807) is 0 Å². The predicted octanol–water partition coefficient (Wildman–Crippen LogP) is 3.48. The molecule has 1 aliphatic heterocycles. The van der Waals surface area contributed by atoms with Gasteiger partial charge in [0.15, 0.2) is 0 Å². The lowest BCUT2D eigenvalue weighted by atomic mass is 10.00. The van der Waals surface area contributed by atoms with Gasteiger partial charge in [-0.15, -0.1) is 0 Å². The van der Waals surface area contributed by atoms with E-state index in [9.17, 15) is 18.0 Å². The highest BCUT2D eigenvalue weighted by molar-refractivity contribution is 6.03. The van der Waals surface area contributed by atoms with E-state index >= 15 is 0 Å². The number of carbonyl (C=O) groups is 1. The van der Waals surface area contributed by atoms with Crippen molar-refractivity contribution in [1.29, 1.82) is 0 Å². The number of nitrogens with one attached hydrogen (secondary N) is 2. The highest BCUT2D eigenvalue weighted by atomic mass is 19.4. The maximum Gasteiger partial charge on any atom is 0.416 e. The standard InChI is InChI=1S/C13H15F3N2O/c1-7(2)5-11-12(19)18-10-6-8(13(14,15)16)3-4-9(10)17-11/h3-4,6-7,11,17H,5H2,1-2H3,(H,18,19). The summed E-state index contributed by atoms with van der Waals surface area (Å²) in [5.41, 5.74) is -0.0614. The van der Waals surface area contributed by atoms with Crippen LogP contribution in [0.2, 0.25) is 0 Å². The van der Waals surface area contributed by atoms with Gasteiger partial charge < -0.3 is 10.6 Å². The molecular formula is C13H15F3N2O. The Morgan fingerprint density at radius 1 is 1.26 bits per heavy atom. The normalized spacial score (nSPS) is 18.8. The van der Waals surface area contributed by atoms with Crippen molar-refractivity contribution in [1.82, 2.24) is 0 Å². The SMILES string of the molecule is CC(C)CC1Nc2ccc(C(F)(F)F)cc2NC1=O. The molecule has 104 valence electrons. The van der Waals surface area contributed by atoms with Gasteiger partial charge in [-0.3, -0.25) is 4.79 Å². The minimum Gasteiger partial charge on any atom is -0.372 e. The molecule has 6 heteroatoms. The number of hydrogen-bond donors (Lipinski definition) is 2. The summed E-state index contributed by atoms with van der Waals surface area (Å²) in [5, 5.41) is 5.50. The highest BCUT2D eigenvalue weighted by Gasteiger charge is 2.33. The summed E-state index contributed by atoms with van der Waals surface area (Å²) in [6.45, 7) is 3.97. The van der Waals surface area contributed by atoms with Crippen molar-refractivity contribution in [3.05, 3.63) is 23.8 Å². The van der Waals surface area contributed by atoms with Gasteiger partial charge in [0.25, 0.3) is 0 Å². The molecule has 1 amide bonds. The Kier molecular flexibility index (Phi) is 3.43. The predicted molar refractivity (Wildman–Crippen MR) is 66.9 cm³/mol. The summed E-state index contributed by atoms with van der Waals surface area (Å²) >= 11 is 0. The summed E-state index contributed by atoms with van der Waals surface area (Å²) in [7, 11) is 0. The van der Waals surface area contributed by atoms with Gasteiger partial charge in [0.1, 0.15) is 6.04 Å². The number of benzene rings is 1. The number of alkyl halides is 3. The van der Waals surface area contributed by atoms with Crippen molar-refractivity contribution in [3.8, 4) is 0 Å². The number of amides is 1. The Morgan fingerprint density at radius 3 is 2.53 bits per heavy atom. The molecular weight excluding hydrogens is 257 g/mol. The largest absolute Gasteiger partial charge is 0.416 e. The molecule has 2 N–H and O–H groups in total. The molecule has 0 aliphatic carbocycles. The van der Waals surface area contributed by atoms with Crippen LogP contribution in [0.3, 0.4) is 0 Å². The topological polar surface area (TPSA) is 41.1 Å². The van der Waals surface area contributed by atoms with Crippen LogP contribution in [0, 0.1) is 5.92 Å². The number of rotatable bonds is 2. The molecule has 1 aromatic rings. The van der Waals surface area contributed by atoms with Gasteiger partial charge in [-0.05, 0) is 30.5 Å². The molecule has 0 saturated heterocycles. The summed E-state index contributed by atoms with van der Waals surface area (Å²) in [6, 6.07) is 2.91. The molecule has 0 spiro atoms. The lowest BCUT2D eigenvalue weighted by molar-refractivity contribution is -0.137. The van der Waals surface area contributed by atoms with Gasteiger partial charge in [0, 0.05) is 0 Å². The molecule has 1 aromatic carbocycles. The third kappa shape index (κ3) is 3.00. The summed E-state index contributed by atoms with van der Waals surface area (Å²) < 4.78 is 37.7. The van der Waals surface area contributed by atoms with Gasteiger partial charge in [0.2, 0.25) is 5.91 Å². The average molecular weight is 272 g/mol. The lowest BCUT2D eigenvalue weighted by Gasteiger charge is -2.28. The van der Waals surface area contributed by atoms with E-state index in [1.165, 1.54) is 6.07 Å². The van der Waals surface area contributed by atoms with E-state index in [-0.39, 0.29) is 11.6 Å². The van der Waals surface area contributed by atoms with Crippen molar-refractivity contribution in [2.24, 2.45) is 5.92 Å². The zero-order valence-corrected chi connectivity index (χ0v) is 10.6. The molecule has 0 radical (unpaired) electrons. The number of halogens is 3. The summed E-state index contributed by atoms with van der Waals surface area (Å²) in [4.78, 5) is 11.8. The second kappa shape index (κ2) is 4.75. The summed E-state index contributed by atoms with van der Waals surface area (Å²) in [6.07, 6.45) is -3.78. The fourth-order valence-electron chi connectivity index (χ4n) is 2.06. The molecule has 2 rings (SSSR count). The van der Waals surface area contributed by atoms with E-state index in [0.717, 1.165) is 12.1 Å². The van der Waals surface area contributed by atoms with Crippen LogP contribution in [0.25, 0.3) is 0 Å². The fourth-order valence-corrected chi connectivity index (χ4v) is 2.06. The molecule has 1 aliphatic rings. The number of carbonyl (C=O) groups excluding carboxylic acids is 1.